The molecule has 1 aliphatic carbocycles. The standard InChI is InChI=1S/C12H15NO3S/c14-12(7-3-4-8-12)9-17-11-6-2-1-5-10(11)13(15)16/h1-2,5-6,14H,3-4,7-9H2. The van der Waals surface area contributed by atoms with Gasteiger partial charge in [-0.3, -0.25) is 10.1 Å². The zero-order valence-electron chi connectivity index (χ0n) is 9.46. The summed E-state index contributed by atoms with van der Waals surface area (Å²) in [5.41, 5.74) is -0.506. The summed E-state index contributed by atoms with van der Waals surface area (Å²) in [5.74, 6) is 0.540. The second kappa shape index (κ2) is 5.06. The lowest BCUT2D eigenvalue weighted by Gasteiger charge is -2.21. The molecule has 0 bridgehead atoms. The molecule has 0 saturated heterocycles. The fourth-order valence-electron chi connectivity index (χ4n) is 2.12. The maximum Gasteiger partial charge on any atom is 0.282 e. The van der Waals surface area contributed by atoms with E-state index in [0.717, 1.165) is 25.7 Å². The molecule has 0 atom stereocenters. The molecule has 0 heterocycles. The largest absolute Gasteiger partial charge is 0.389 e. The van der Waals surface area contributed by atoms with Crippen LogP contribution in [-0.2, 0) is 0 Å². The van der Waals surface area contributed by atoms with E-state index >= 15 is 0 Å². The summed E-state index contributed by atoms with van der Waals surface area (Å²) in [7, 11) is 0. The molecular weight excluding hydrogens is 238 g/mol. The quantitative estimate of drug-likeness (QED) is 0.509. The Morgan fingerprint density at radius 2 is 2.00 bits per heavy atom. The first kappa shape index (κ1) is 12.4. The van der Waals surface area contributed by atoms with Gasteiger partial charge in [-0.05, 0) is 18.9 Å². The van der Waals surface area contributed by atoms with Crippen LogP contribution in [-0.4, -0.2) is 21.4 Å². The van der Waals surface area contributed by atoms with Gasteiger partial charge in [0.25, 0.3) is 5.69 Å². The first-order valence-corrected chi connectivity index (χ1v) is 6.68. The number of nitro groups is 1. The highest BCUT2D eigenvalue weighted by Gasteiger charge is 2.31. The number of hydrogen-bond acceptors (Lipinski definition) is 4. The number of nitro benzene ring substituents is 1. The molecule has 1 aromatic carbocycles. The number of thioether (sulfide) groups is 1. The zero-order valence-corrected chi connectivity index (χ0v) is 10.3. The first-order chi connectivity index (χ1) is 8.11. The van der Waals surface area contributed by atoms with Crippen LogP contribution in [0.15, 0.2) is 29.2 Å². The number of aliphatic hydroxyl groups is 1. The van der Waals surface area contributed by atoms with E-state index in [9.17, 15) is 15.2 Å². The topological polar surface area (TPSA) is 63.4 Å². The Bertz CT molecular complexity index is 416. The lowest BCUT2D eigenvalue weighted by molar-refractivity contribution is -0.387. The van der Waals surface area contributed by atoms with Crippen LogP contribution >= 0.6 is 11.8 Å². The molecule has 92 valence electrons. The molecule has 0 radical (unpaired) electrons. The van der Waals surface area contributed by atoms with Gasteiger partial charge in [-0.25, -0.2) is 0 Å². The normalized spacial score (nSPS) is 18.2. The van der Waals surface area contributed by atoms with Gasteiger partial charge in [-0.2, -0.15) is 0 Å². The van der Waals surface area contributed by atoms with E-state index < -0.39 is 5.60 Å². The smallest absolute Gasteiger partial charge is 0.282 e. The van der Waals surface area contributed by atoms with Crippen LogP contribution in [0, 0.1) is 10.1 Å². The molecule has 0 aromatic heterocycles. The van der Waals surface area contributed by atoms with Crippen LogP contribution in [0.4, 0.5) is 5.69 Å². The number of para-hydroxylation sites is 1. The number of nitrogens with zero attached hydrogens (tertiary/aromatic N) is 1. The Hall–Kier alpha value is -1.07. The van der Waals surface area contributed by atoms with Crippen LogP contribution < -0.4 is 0 Å². The van der Waals surface area contributed by atoms with Crippen molar-refractivity contribution in [1.82, 2.24) is 0 Å². The Balaban J connectivity index is 2.06. The molecule has 0 amide bonds. The van der Waals surface area contributed by atoms with Gasteiger partial charge in [0.05, 0.1) is 15.4 Å². The van der Waals surface area contributed by atoms with E-state index in [-0.39, 0.29) is 10.6 Å². The van der Waals surface area contributed by atoms with Gasteiger partial charge < -0.3 is 5.11 Å². The zero-order chi connectivity index (χ0) is 12.3. The van der Waals surface area contributed by atoms with Crippen molar-refractivity contribution >= 4 is 17.4 Å². The van der Waals surface area contributed by atoms with Gasteiger partial charge in [0, 0.05) is 11.8 Å². The molecule has 1 N–H and O–H groups in total. The summed E-state index contributed by atoms with van der Waals surface area (Å²) < 4.78 is 0. The minimum Gasteiger partial charge on any atom is -0.389 e. The van der Waals surface area contributed by atoms with E-state index in [0.29, 0.717) is 10.6 Å². The first-order valence-electron chi connectivity index (χ1n) is 5.69. The van der Waals surface area contributed by atoms with E-state index in [1.54, 1.807) is 18.2 Å². The monoisotopic (exact) mass is 253 g/mol. The molecule has 1 saturated carbocycles. The van der Waals surface area contributed by atoms with Gasteiger partial charge in [0.1, 0.15) is 0 Å². The van der Waals surface area contributed by atoms with Gasteiger partial charge in [-0.1, -0.05) is 25.0 Å². The average Bonchev–Trinajstić information content (AvgIpc) is 2.74. The minimum atomic E-state index is -0.631. The third-order valence-corrected chi connectivity index (χ3v) is 4.43. The fourth-order valence-corrected chi connectivity index (χ4v) is 3.30. The summed E-state index contributed by atoms with van der Waals surface area (Å²) in [6.45, 7) is 0. The second-order valence-electron chi connectivity index (χ2n) is 4.44. The van der Waals surface area contributed by atoms with E-state index in [2.05, 4.69) is 0 Å². The van der Waals surface area contributed by atoms with E-state index in [1.807, 2.05) is 0 Å². The molecule has 1 aromatic rings. The molecule has 5 heteroatoms. The molecule has 2 rings (SSSR count). The number of rotatable bonds is 4. The molecule has 1 aliphatic rings. The lowest BCUT2D eigenvalue weighted by atomic mass is 10.1. The highest BCUT2D eigenvalue weighted by atomic mass is 32.2. The summed E-state index contributed by atoms with van der Waals surface area (Å²) in [4.78, 5) is 11.1. The maximum absolute atomic E-state index is 10.8. The summed E-state index contributed by atoms with van der Waals surface area (Å²) >= 11 is 1.38. The van der Waals surface area contributed by atoms with Crippen molar-refractivity contribution in [3.05, 3.63) is 34.4 Å². The Labute approximate surface area is 104 Å². The fraction of sp³-hybridized carbons (Fsp3) is 0.500. The van der Waals surface area contributed by atoms with Crippen LogP contribution in [0.1, 0.15) is 25.7 Å². The summed E-state index contributed by atoms with van der Waals surface area (Å²) in [5, 5.41) is 21.0. The molecule has 1 fully saturated rings. The Morgan fingerprint density at radius 3 is 2.65 bits per heavy atom. The van der Waals surface area contributed by atoms with Crippen molar-refractivity contribution in [3.8, 4) is 0 Å². The van der Waals surface area contributed by atoms with Crippen LogP contribution in [0.3, 0.4) is 0 Å². The van der Waals surface area contributed by atoms with Crippen LogP contribution in [0.25, 0.3) is 0 Å². The predicted octanol–water partition coefficient (Wildman–Crippen LogP) is 2.99. The van der Waals surface area contributed by atoms with Gasteiger partial charge in [-0.15, -0.1) is 11.8 Å². The highest BCUT2D eigenvalue weighted by Crippen LogP contribution is 2.37. The average molecular weight is 253 g/mol. The molecular formula is C12H15NO3S. The number of hydrogen-bond donors (Lipinski definition) is 1. The molecule has 0 spiro atoms. The van der Waals surface area contributed by atoms with Crippen molar-refractivity contribution in [2.75, 3.05) is 5.75 Å². The predicted molar refractivity (Wildman–Crippen MR) is 67.2 cm³/mol. The maximum atomic E-state index is 10.8. The molecule has 0 aliphatic heterocycles. The molecule has 0 unspecified atom stereocenters. The van der Waals surface area contributed by atoms with Crippen molar-refractivity contribution in [3.63, 3.8) is 0 Å². The second-order valence-corrected chi connectivity index (χ2v) is 5.46. The highest BCUT2D eigenvalue weighted by molar-refractivity contribution is 7.99. The molecule has 17 heavy (non-hydrogen) atoms. The van der Waals surface area contributed by atoms with Crippen molar-refractivity contribution in [2.45, 2.75) is 36.2 Å². The summed E-state index contributed by atoms with van der Waals surface area (Å²) in [6.07, 6.45) is 3.71. The SMILES string of the molecule is O=[N+]([O-])c1ccccc1SCC1(O)CCCC1. The van der Waals surface area contributed by atoms with Crippen LogP contribution in [0.5, 0.6) is 0 Å². The minimum absolute atomic E-state index is 0.124. The van der Waals surface area contributed by atoms with Gasteiger partial charge in [0.2, 0.25) is 0 Å². The third-order valence-electron chi connectivity index (χ3n) is 3.09. The third kappa shape index (κ3) is 2.98. The van der Waals surface area contributed by atoms with Gasteiger partial charge >= 0.3 is 0 Å². The molecule has 4 nitrogen and oxygen atoms in total. The van der Waals surface area contributed by atoms with E-state index in [4.69, 9.17) is 0 Å². The van der Waals surface area contributed by atoms with Gasteiger partial charge in [0.15, 0.2) is 0 Å². The van der Waals surface area contributed by atoms with Crippen molar-refractivity contribution < 1.29 is 10.0 Å². The van der Waals surface area contributed by atoms with Crippen molar-refractivity contribution in [2.24, 2.45) is 0 Å². The number of benzene rings is 1. The Kier molecular flexibility index (Phi) is 3.69. The van der Waals surface area contributed by atoms with E-state index in [1.165, 1.54) is 17.8 Å². The summed E-state index contributed by atoms with van der Waals surface area (Å²) in [6, 6.07) is 6.68. The lowest BCUT2D eigenvalue weighted by Crippen LogP contribution is -2.27. The van der Waals surface area contributed by atoms with Crippen LogP contribution in [0.2, 0.25) is 0 Å². The Morgan fingerprint density at radius 1 is 1.35 bits per heavy atom. The van der Waals surface area contributed by atoms with Crippen molar-refractivity contribution in [1.29, 1.82) is 0 Å².